The number of anilines is 2. The van der Waals surface area contributed by atoms with Crippen molar-refractivity contribution in [3.05, 3.63) is 63.6 Å². The maximum absolute atomic E-state index is 14.6. The van der Waals surface area contributed by atoms with Crippen LogP contribution in [0.1, 0.15) is 269 Å². The number of nitrogens with zero attached hydrogens (tertiary/aromatic N) is 9. The molecule has 108 heavy (non-hydrogen) atoms. The maximum atomic E-state index is 14.6. The Morgan fingerprint density at radius 1 is 0.648 bits per heavy atom. The van der Waals surface area contributed by atoms with Crippen LogP contribution >= 0.6 is 0 Å². The number of carboxylic acids is 2. The zero-order chi connectivity index (χ0) is 78.2. The maximum Gasteiger partial charge on any atom is 0.316 e. The summed E-state index contributed by atoms with van der Waals surface area (Å²) in [5.41, 5.74) is -0.802. The second-order valence-electron chi connectivity index (χ2n) is 38.2. The smallest absolute Gasteiger partial charge is 0.316 e. The van der Waals surface area contributed by atoms with Crippen molar-refractivity contribution in [1.29, 1.82) is 10.5 Å². The summed E-state index contributed by atoms with van der Waals surface area (Å²) in [6.07, 6.45) is 15.9. The summed E-state index contributed by atoms with van der Waals surface area (Å²) in [7, 11) is 0. The lowest BCUT2D eigenvalue weighted by atomic mass is 9.33. The van der Waals surface area contributed by atoms with Gasteiger partial charge in [0, 0.05) is 37.1 Å². The van der Waals surface area contributed by atoms with Gasteiger partial charge in [0.1, 0.15) is 30.0 Å². The molecule has 0 spiro atoms. The minimum atomic E-state index is -1.75. The van der Waals surface area contributed by atoms with Crippen LogP contribution in [0.2, 0.25) is 0 Å². The monoisotopic (exact) mass is 1480 g/mol. The first-order valence-corrected chi connectivity index (χ1v) is 39.9. The Kier molecular flexibility index (Phi) is 19.7. The highest BCUT2D eigenvalue weighted by atomic mass is 16.5. The molecule has 9 aliphatic rings. The minimum absolute atomic E-state index is 0.000468. The topological polar surface area (TPSA) is 349 Å². The molecule has 0 radical (unpaired) electrons. The lowest BCUT2D eigenvalue weighted by Crippen LogP contribution is -2.66. The molecular weight excluding hydrogens is 1370 g/mol. The molecule has 0 amide bonds. The minimum Gasteiger partial charge on any atom is -0.481 e. The Hall–Kier alpha value is -8.21. The fraction of sp³-hybridized carbons (Fsp3) is 0.706. The number of rotatable bonds is 22. The van der Waals surface area contributed by atoms with Gasteiger partial charge in [-0.3, -0.25) is 28.8 Å². The number of hydrogen-bond donors (Lipinski definition) is 4. The van der Waals surface area contributed by atoms with E-state index in [0.29, 0.717) is 61.8 Å². The Morgan fingerprint density at radius 2 is 1.20 bits per heavy atom. The number of esters is 2. The number of ketones is 2. The van der Waals surface area contributed by atoms with Crippen molar-refractivity contribution in [3.63, 3.8) is 0 Å². The van der Waals surface area contributed by atoms with Gasteiger partial charge in [-0.25, -0.2) is 15.0 Å². The molecule has 23 nitrogen and oxygen atoms in total. The van der Waals surface area contributed by atoms with Crippen molar-refractivity contribution in [1.82, 2.24) is 35.3 Å². The second-order valence-corrected chi connectivity index (χ2v) is 38.2. The van der Waals surface area contributed by atoms with E-state index < -0.39 is 63.7 Å². The van der Waals surface area contributed by atoms with Crippen LogP contribution < -0.4 is 10.6 Å². The number of ether oxygens (including phenoxy) is 2. The zero-order valence-corrected chi connectivity index (χ0v) is 66.6. The standard InChI is InChI=1S/C85H113N11O12/c1-18-51(105-62(99)40-75(7,8)71(101)102)26-29-78(12)48(6)25-31-82(16)59(78)23-20-52-66-64(46(2)3)56(97)38-84(66,35-33-80(52,82)14)91-73-95-93-69(107-73)54-22-19-50(43-87)55(90-54)37-77(11,72(103)104)41-63(100)106-61-28-30-79(13)58(76(61,9)10)27-32-83(17)60(79)24-21-53-67-65(47(4)5)57(98)39-85(67,36-34-81(53,83)15)92-74-96-94-70(108-74)68-88-44-49(42-86)45-89-68/h19,22,44-48,51-53,58-61H,18,20-21,23-41H2,1-17H3,(H,91,95)(H,92,96)(H,101,102)(H,103,104)/t48-,51-,52-,53-,58?,59-,60-,61+,77?,78+,79+,80-,81-,82-,83-,84-,85-/m1/s1. The number of allylic oxidation sites excluding steroid dienone is 2. The third kappa shape index (κ3) is 12.4. The Bertz CT molecular complexity index is 4440. The van der Waals surface area contributed by atoms with E-state index in [2.05, 4.69) is 137 Å². The molecule has 23 heteroatoms. The van der Waals surface area contributed by atoms with Gasteiger partial charge in [-0.15, -0.1) is 10.2 Å². The van der Waals surface area contributed by atoms with Gasteiger partial charge < -0.3 is 39.2 Å². The molecular formula is C85H113N11O12. The molecule has 4 heterocycles. The predicted octanol–water partition coefficient (Wildman–Crippen LogP) is 16.4. The summed E-state index contributed by atoms with van der Waals surface area (Å²) < 4.78 is 25.2. The summed E-state index contributed by atoms with van der Waals surface area (Å²) in [5.74, 6) is -1.37. The molecule has 0 aliphatic heterocycles. The molecule has 13 rings (SSSR count). The average Bonchev–Trinajstić information content (AvgIpc) is 1.19. The number of fused-ring (bicyclic) bond motifs is 12. The van der Waals surface area contributed by atoms with Gasteiger partial charge in [0.2, 0.25) is 5.82 Å². The van der Waals surface area contributed by atoms with E-state index in [9.17, 15) is 49.5 Å². The van der Waals surface area contributed by atoms with Gasteiger partial charge in [-0.1, -0.05) is 107 Å². The highest BCUT2D eigenvalue weighted by Gasteiger charge is 2.72. The van der Waals surface area contributed by atoms with E-state index in [0.717, 1.165) is 93.8 Å². The molecule has 0 saturated heterocycles. The third-order valence-electron chi connectivity index (χ3n) is 31.2. The number of pyridine rings is 1. The number of carbonyl (C=O) groups is 6. The lowest BCUT2D eigenvalue weighted by Gasteiger charge is -2.72. The van der Waals surface area contributed by atoms with Crippen LogP contribution in [0, 0.1) is 119 Å². The van der Waals surface area contributed by atoms with Crippen LogP contribution in [0.5, 0.6) is 0 Å². The van der Waals surface area contributed by atoms with E-state index in [4.69, 9.17) is 23.3 Å². The molecule has 9 aliphatic carbocycles. The molecule has 0 bridgehead atoms. The molecule has 580 valence electrons. The van der Waals surface area contributed by atoms with Crippen molar-refractivity contribution in [3.8, 4) is 35.4 Å². The van der Waals surface area contributed by atoms with Gasteiger partial charge in [0.25, 0.3) is 11.8 Å². The number of nitrogens with one attached hydrogen (secondary N) is 2. The van der Waals surface area contributed by atoms with Crippen LogP contribution in [0.25, 0.3) is 23.3 Å². The van der Waals surface area contributed by atoms with E-state index in [1.165, 1.54) is 24.9 Å². The zero-order valence-electron chi connectivity index (χ0n) is 66.6. The largest absolute Gasteiger partial charge is 0.481 e. The second kappa shape index (κ2) is 27.4. The van der Waals surface area contributed by atoms with Gasteiger partial charge in [0.05, 0.1) is 51.6 Å². The Morgan fingerprint density at radius 3 is 1.75 bits per heavy atom. The van der Waals surface area contributed by atoms with E-state index in [1.54, 1.807) is 26.0 Å². The average molecular weight is 1480 g/mol. The molecule has 4 N–H and O–H groups in total. The summed E-state index contributed by atoms with van der Waals surface area (Å²) in [5, 5.41) is 65.7. The Balaban J connectivity index is 0.682. The van der Waals surface area contributed by atoms with Gasteiger partial charge >= 0.3 is 35.9 Å². The number of nitriles is 2. The van der Waals surface area contributed by atoms with Gasteiger partial charge in [-0.05, 0) is 244 Å². The number of carbonyl (C=O) groups excluding carboxylic acids is 4. The molecule has 7 saturated carbocycles. The van der Waals surface area contributed by atoms with Crippen molar-refractivity contribution in [2.75, 3.05) is 10.6 Å². The van der Waals surface area contributed by atoms with Crippen LogP contribution in [0.3, 0.4) is 0 Å². The number of carboxylic acid groups (broad SMARTS) is 2. The lowest BCUT2D eigenvalue weighted by molar-refractivity contribution is -0.231. The fourth-order valence-electron chi connectivity index (χ4n) is 24.7. The predicted molar refractivity (Wildman–Crippen MR) is 401 cm³/mol. The van der Waals surface area contributed by atoms with Crippen molar-refractivity contribution < 1.29 is 57.3 Å². The SMILES string of the molecule is CC[C@H](CC[C@@]1(C)[C@H](C)CC[C@]2(C)[C@@H]1CC[C@@H]1C3=C(C(C)C)C(=O)C[C@]3(Nc3nnc(-c4ccc(C#N)c(CC(C)(CC(=O)O[C@H]5CC[C@@]6(C)C(CC[C@]7(C)[C@@H]6CC[C@@H]6C8=C(C(C)C)C(=O)C[C@]8(Nc8nnc(-c9ncc(C#N)cn9)o8)CC[C@]67C)C5(C)C)C(=O)O)n4)o3)CC[C@]12C)OC(=O)CC(C)(C)C(=O)O. The van der Waals surface area contributed by atoms with E-state index >= 15 is 0 Å². The first kappa shape index (κ1) is 77.9. The molecule has 4 aromatic rings. The highest BCUT2D eigenvalue weighted by Crippen LogP contribution is 2.77. The molecule has 4 aromatic heterocycles. The van der Waals surface area contributed by atoms with Crippen molar-refractivity contribution in [2.45, 2.75) is 282 Å². The molecule has 17 atom stereocenters. The van der Waals surface area contributed by atoms with Crippen molar-refractivity contribution >= 4 is 47.5 Å². The Labute approximate surface area is 635 Å². The van der Waals surface area contributed by atoms with Crippen molar-refractivity contribution in [2.24, 2.45) is 96.1 Å². The first-order chi connectivity index (χ1) is 50.7. The number of hydrogen-bond acceptors (Lipinski definition) is 21. The molecule has 7 fully saturated rings. The quantitative estimate of drug-likeness (QED) is 0.0531. The van der Waals surface area contributed by atoms with Gasteiger partial charge in [0.15, 0.2) is 11.6 Å². The first-order valence-electron chi connectivity index (χ1n) is 39.9. The normalized spacial score (nSPS) is 34.8. The van der Waals surface area contributed by atoms with Crippen LogP contribution in [0.4, 0.5) is 12.0 Å². The summed E-state index contributed by atoms with van der Waals surface area (Å²) >= 11 is 0. The third-order valence-corrected chi connectivity index (χ3v) is 31.2. The van der Waals surface area contributed by atoms with E-state index in [1.807, 2.05) is 13.0 Å². The highest BCUT2D eigenvalue weighted by molar-refractivity contribution is 6.03. The number of aliphatic carboxylic acids is 2. The van der Waals surface area contributed by atoms with Crippen LogP contribution in [0.15, 0.2) is 55.7 Å². The summed E-state index contributed by atoms with van der Waals surface area (Å²) in [6.45, 7) is 36.7. The van der Waals surface area contributed by atoms with Crippen LogP contribution in [-0.4, -0.2) is 104 Å². The number of Topliss-reactive ketones (excluding diaryl/α,β-unsaturated/α-hetero) is 2. The summed E-state index contributed by atoms with van der Waals surface area (Å²) in [4.78, 5) is 95.7. The van der Waals surface area contributed by atoms with Crippen LogP contribution in [-0.2, 0) is 44.7 Å². The summed E-state index contributed by atoms with van der Waals surface area (Å²) in [6, 6.07) is 7.68. The molecule has 0 aromatic carbocycles. The van der Waals surface area contributed by atoms with E-state index in [-0.39, 0.29) is 146 Å². The molecule has 2 unspecified atom stereocenters. The van der Waals surface area contributed by atoms with Gasteiger partial charge in [-0.2, -0.15) is 10.5 Å². The fourth-order valence-corrected chi connectivity index (χ4v) is 24.7. The number of aromatic nitrogens is 7.